The van der Waals surface area contributed by atoms with Gasteiger partial charge in [0.25, 0.3) is 5.91 Å². The zero-order valence-electron chi connectivity index (χ0n) is 7.69. The van der Waals surface area contributed by atoms with E-state index in [1.807, 2.05) is 18.2 Å². The molecule has 0 spiro atoms. The van der Waals surface area contributed by atoms with Crippen molar-refractivity contribution in [3.63, 3.8) is 0 Å². The summed E-state index contributed by atoms with van der Waals surface area (Å²) in [5, 5.41) is -0.0637. The van der Waals surface area contributed by atoms with Crippen molar-refractivity contribution in [2.45, 2.75) is 13.5 Å². The van der Waals surface area contributed by atoms with Gasteiger partial charge in [0.1, 0.15) is 0 Å². The van der Waals surface area contributed by atoms with Crippen molar-refractivity contribution in [1.82, 2.24) is 4.31 Å². The van der Waals surface area contributed by atoms with E-state index in [9.17, 15) is 9.59 Å². The van der Waals surface area contributed by atoms with Gasteiger partial charge in [-0.3, -0.25) is 13.9 Å². The molecule has 0 atom stereocenters. The molecule has 1 aliphatic rings. The first kappa shape index (κ1) is 9.27. The van der Waals surface area contributed by atoms with Crippen molar-refractivity contribution < 1.29 is 9.59 Å². The summed E-state index contributed by atoms with van der Waals surface area (Å²) in [7, 11) is 0. The first-order valence-corrected chi connectivity index (χ1v) is 5.04. The number of hydrogen-bond donors (Lipinski definition) is 0. The third-order valence-corrected chi connectivity index (χ3v) is 2.80. The Kier molecular flexibility index (Phi) is 2.29. The summed E-state index contributed by atoms with van der Waals surface area (Å²) in [5.41, 5.74) is 1.70. The van der Waals surface area contributed by atoms with Crippen LogP contribution in [0, 0.1) is 0 Å². The van der Waals surface area contributed by atoms with Crippen molar-refractivity contribution in [2.24, 2.45) is 0 Å². The third kappa shape index (κ3) is 1.53. The molecule has 0 N–H and O–H groups in total. The summed E-state index contributed by atoms with van der Waals surface area (Å²) in [5.74, 6) is -0.0687. The van der Waals surface area contributed by atoms with Gasteiger partial charge in [0, 0.05) is 24.4 Å². The van der Waals surface area contributed by atoms with Gasteiger partial charge in [-0.1, -0.05) is 18.2 Å². The summed E-state index contributed by atoms with van der Waals surface area (Å²) in [6.45, 7) is 1.99. The highest BCUT2D eigenvalue weighted by Crippen LogP contribution is 2.28. The molecule has 1 aromatic carbocycles. The number of rotatable bonds is 1. The van der Waals surface area contributed by atoms with Crippen LogP contribution in [0.1, 0.15) is 22.8 Å². The molecule has 0 bridgehead atoms. The lowest BCUT2D eigenvalue weighted by Gasteiger charge is -2.10. The second kappa shape index (κ2) is 3.46. The minimum Gasteiger partial charge on any atom is -0.286 e. The van der Waals surface area contributed by atoms with Gasteiger partial charge in [-0.05, 0) is 11.6 Å². The van der Waals surface area contributed by atoms with Gasteiger partial charge < -0.3 is 0 Å². The number of amides is 1. The Balaban J connectivity index is 2.26. The Morgan fingerprint density at radius 2 is 2.14 bits per heavy atom. The molecule has 1 aliphatic heterocycles. The maximum Gasteiger partial charge on any atom is 0.264 e. The van der Waals surface area contributed by atoms with Crippen molar-refractivity contribution in [1.29, 1.82) is 0 Å². The maximum atomic E-state index is 11.7. The molecule has 1 heterocycles. The van der Waals surface area contributed by atoms with E-state index in [1.54, 1.807) is 6.07 Å². The van der Waals surface area contributed by atoms with Crippen LogP contribution in [0.15, 0.2) is 24.3 Å². The first-order valence-electron chi connectivity index (χ1n) is 4.27. The van der Waals surface area contributed by atoms with E-state index in [0.717, 1.165) is 17.5 Å². The van der Waals surface area contributed by atoms with Gasteiger partial charge in [0.15, 0.2) is 0 Å². The largest absolute Gasteiger partial charge is 0.286 e. The van der Waals surface area contributed by atoms with Crippen LogP contribution in [0.3, 0.4) is 0 Å². The molecule has 0 unspecified atom stereocenters. The molecule has 0 fully saturated rings. The van der Waals surface area contributed by atoms with E-state index >= 15 is 0 Å². The maximum absolute atomic E-state index is 11.7. The lowest BCUT2D eigenvalue weighted by Crippen LogP contribution is -2.17. The average Bonchev–Trinajstić information content (AvgIpc) is 2.44. The van der Waals surface area contributed by atoms with Crippen molar-refractivity contribution in [3.05, 3.63) is 35.4 Å². The van der Waals surface area contributed by atoms with Crippen LogP contribution in [0.4, 0.5) is 0 Å². The summed E-state index contributed by atoms with van der Waals surface area (Å²) >= 11 is 0.972. The molecular weight excluding hydrogens is 198 g/mol. The quantitative estimate of drug-likeness (QED) is 0.659. The first-order chi connectivity index (χ1) is 6.68. The lowest BCUT2D eigenvalue weighted by molar-refractivity contribution is -0.109. The molecule has 0 aliphatic carbocycles. The number of nitrogens with zero attached hydrogens (tertiary/aromatic N) is 1. The van der Waals surface area contributed by atoms with E-state index in [4.69, 9.17) is 0 Å². The molecular formula is C10H9NO2S. The Bertz CT molecular complexity index is 403. The average molecular weight is 207 g/mol. The number of carbonyl (C=O) groups excluding carboxylic acids is 2. The predicted octanol–water partition coefficient (Wildman–Crippen LogP) is 1.84. The van der Waals surface area contributed by atoms with E-state index < -0.39 is 0 Å². The molecule has 0 aromatic heterocycles. The highest BCUT2D eigenvalue weighted by Gasteiger charge is 2.28. The zero-order valence-corrected chi connectivity index (χ0v) is 8.50. The predicted molar refractivity (Wildman–Crippen MR) is 54.6 cm³/mol. The molecule has 3 nitrogen and oxygen atoms in total. The van der Waals surface area contributed by atoms with E-state index in [-0.39, 0.29) is 11.0 Å². The van der Waals surface area contributed by atoms with Crippen LogP contribution in [0.2, 0.25) is 0 Å². The fourth-order valence-corrected chi connectivity index (χ4v) is 2.15. The van der Waals surface area contributed by atoms with Crippen LogP contribution in [-0.4, -0.2) is 15.3 Å². The topological polar surface area (TPSA) is 37.4 Å². The van der Waals surface area contributed by atoms with E-state index in [0.29, 0.717) is 12.1 Å². The van der Waals surface area contributed by atoms with Crippen molar-refractivity contribution in [2.75, 3.05) is 0 Å². The van der Waals surface area contributed by atoms with Crippen molar-refractivity contribution >= 4 is 23.0 Å². The lowest BCUT2D eigenvalue weighted by atomic mass is 10.1. The normalized spacial score (nSPS) is 14.4. The molecule has 4 heteroatoms. The number of fused-ring (bicyclic) bond motifs is 1. The minimum atomic E-state index is -0.0687. The van der Waals surface area contributed by atoms with Gasteiger partial charge in [0.05, 0.1) is 6.54 Å². The molecule has 1 aromatic rings. The standard InChI is InChI=1S/C10H9NO2S/c1-7(12)14-11-6-8-4-2-3-5-9(8)10(11)13/h2-5H,6H2,1H3. The van der Waals surface area contributed by atoms with Crippen LogP contribution < -0.4 is 0 Å². The molecule has 0 radical (unpaired) electrons. The smallest absolute Gasteiger partial charge is 0.264 e. The fourth-order valence-electron chi connectivity index (χ4n) is 1.46. The highest BCUT2D eigenvalue weighted by atomic mass is 32.2. The summed E-state index contributed by atoms with van der Waals surface area (Å²) in [6, 6.07) is 7.43. The van der Waals surface area contributed by atoms with Gasteiger partial charge in [0.2, 0.25) is 5.12 Å². The monoisotopic (exact) mass is 207 g/mol. The Morgan fingerprint density at radius 3 is 2.79 bits per heavy atom. The zero-order chi connectivity index (χ0) is 10.1. The Hall–Kier alpha value is -1.29. The molecule has 14 heavy (non-hydrogen) atoms. The number of carbonyl (C=O) groups is 2. The summed E-state index contributed by atoms with van der Waals surface area (Å²) < 4.78 is 1.49. The molecule has 0 saturated heterocycles. The SMILES string of the molecule is CC(=O)SN1Cc2ccccc2C1=O. The Morgan fingerprint density at radius 1 is 1.43 bits per heavy atom. The van der Waals surface area contributed by atoms with Gasteiger partial charge in [-0.25, -0.2) is 0 Å². The third-order valence-electron chi connectivity index (χ3n) is 2.03. The van der Waals surface area contributed by atoms with Gasteiger partial charge in [-0.2, -0.15) is 0 Å². The summed E-state index contributed by atoms with van der Waals surface area (Å²) in [4.78, 5) is 22.6. The second-order valence-electron chi connectivity index (χ2n) is 3.08. The van der Waals surface area contributed by atoms with Gasteiger partial charge >= 0.3 is 0 Å². The summed E-state index contributed by atoms with van der Waals surface area (Å²) in [6.07, 6.45) is 0. The van der Waals surface area contributed by atoms with Gasteiger partial charge in [-0.15, -0.1) is 0 Å². The van der Waals surface area contributed by atoms with Crippen LogP contribution in [0.25, 0.3) is 0 Å². The van der Waals surface area contributed by atoms with Crippen LogP contribution >= 0.6 is 11.9 Å². The minimum absolute atomic E-state index is 0.0637. The second-order valence-corrected chi connectivity index (χ2v) is 4.28. The number of hydrogen-bond acceptors (Lipinski definition) is 3. The molecule has 1 amide bonds. The fraction of sp³-hybridized carbons (Fsp3) is 0.200. The number of benzene rings is 1. The van der Waals surface area contributed by atoms with Crippen LogP contribution in [-0.2, 0) is 11.3 Å². The van der Waals surface area contributed by atoms with Crippen molar-refractivity contribution in [3.8, 4) is 0 Å². The molecule has 2 rings (SSSR count). The van der Waals surface area contributed by atoms with Crippen LogP contribution in [0.5, 0.6) is 0 Å². The van der Waals surface area contributed by atoms with E-state index in [1.165, 1.54) is 11.2 Å². The molecule has 72 valence electrons. The Labute approximate surface area is 86.2 Å². The van der Waals surface area contributed by atoms with E-state index in [2.05, 4.69) is 0 Å². The highest BCUT2D eigenvalue weighted by molar-refractivity contribution is 8.11. The molecule has 0 saturated carbocycles.